The third-order valence-electron chi connectivity index (χ3n) is 3.57. The first-order chi connectivity index (χ1) is 10.1. The van der Waals surface area contributed by atoms with Crippen LogP contribution in [0.2, 0.25) is 0 Å². The molecule has 5 heteroatoms. The second-order valence-corrected chi connectivity index (χ2v) is 5.48. The molecule has 0 radical (unpaired) electrons. The molecule has 0 saturated carbocycles. The van der Waals surface area contributed by atoms with Crippen molar-refractivity contribution in [2.75, 3.05) is 19.7 Å². The van der Waals surface area contributed by atoms with Crippen molar-refractivity contribution < 1.29 is 14.3 Å². The van der Waals surface area contributed by atoms with Gasteiger partial charge in [-0.15, -0.1) is 0 Å². The van der Waals surface area contributed by atoms with Crippen LogP contribution in [0.4, 0.5) is 0 Å². The van der Waals surface area contributed by atoms with E-state index in [1.54, 1.807) is 4.90 Å². The van der Waals surface area contributed by atoms with Crippen LogP contribution in [0.1, 0.15) is 19.4 Å². The van der Waals surface area contributed by atoms with Gasteiger partial charge in [-0.2, -0.15) is 0 Å². The standard InChI is InChI=1S/C16H22N2O3/c1-12-11-21-13(2)10-18(12)16(20)9-17-15(19)8-14-6-4-3-5-7-14/h3-7,12-13H,8-11H2,1-2H3,(H,17,19)/t12-,13-/m0/s1. The molecule has 1 N–H and O–H groups in total. The number of benzene rings is 1. The van der Waals surface area contributed by atoms with E-state index in [0.717, 1.165) is 5.56 Å². The van der Waals surface area contributed by atoms with Crippen LogP contribution in [-0.2, 0) is 20.7 Å². The highest BCUT2D eigenvalue weighted by Crippen LogP contribution is 2.11. The van der Waals surface area contributed by atoms with Crippen LogP contribution in [0, 0.1) is 0 Å². The lowest BCUT2D eigenvalue weighted by atomic mass is 10.1. The Bertz CT molecular complexity index is 490. The third-order valence-corrected chi connectivity index (χ3v) is 3.57. The van der Waals surface area contributed by atoms with Gasteiger partial charge in [0.15, 0.2) is 0 Å². The minimum absolute atomic E-state index is 0.0444. The second kappa shape index (κ2) is 7.22. The first-order valence-corrected chi connectivity index (χ1v) is 7.28. The number of amides is 2. The molecule has 114 valence electrons. The monoisotopic (exact) mass is 290 g/mol. The summed E-state index contributed by atoms with van der Waals surface area (Å²) in [6.07, 6.45) is 0.341. The predicted octanol–water partition coefficient (Wildman–Crippen LogP) is 0.981. The molecule has 21 heavy (non-hydrogen) atoms. The first-order valence-electron chi connectivity index (χ1n) is 7.28. The summed E-state index contributed by atoms with van der Waals surface area (Å²) in [5, 5.41) is 2.69. The van der Waals surface area contributed by atoms with Gasteiger partial charge in [0, 0.05) is 6.54 Å². The number of nitrogens with one attached hydrogen (secondary N) is 1. The number of hydrogen-bond acceptors (Lipinski definition) is 3. The summed E-state index contributed by atoms with van der Waals surface area (Å²) in [5.74, 6) is -0.192. The van der Waals surface area contributed by atoms with Crippen molar-refractivity contribution in [1.29, 1.82) is 0 Å². The van der Waals surface area contributed by atoms with Crippen LogP contribution in [0.25, 0.3) is 0 Å². The molecule has 1 fully saturated rings. The summed E-state index contributed by atoms with van der Waals surface area (Å²) in [7, 11) is 0. The van der Waals surface area contributed by atoms with Gasteiger partial charge in [-0.3, -0.25) is 9.59 Å². The van der Waals surface area contributed by atoms with Gasteiger partial charge < -0.3 is 15.0 Å². The van der Waals surface area contributed by atoms with Crippen molar-refractivity contribution in [3.8, 4) is 0 Å². The SMILES string of the molecule is C[C@H]1CN(C(=O)CNC(=O)Cc2ccccc2)[C@@H](C)CO1. The highest BCUT2D eigenvalue weighted by atomic mass is 16.5. The van der Waals surface area contributed by atoms with Gasteiger partial charge in [0.25, 0.3) is 0 Å². The molecule has 1 saturated heterocycles. The van der Waals surface area contributed by atoms with Crippen LogP contribution in [0.3, 0.4) is 0 Å². The van der Waals surface area contributed by atoms with Gasteiger partial charge in [-0.05, 0) is 19.4 Å². The Kier molecular flexibility index (Phi) is 5.33. The zero-order valence-corrected chi connectivity index (χ0v) is 12.5. The van der Waals surface area contributed by atoms with Crippen LogP contribution >= 0.6 is 0 Å². The van der Waals surface area contributed by atoms with Crippen LogP contribution in [0.5, 0.6) is 0 Å². The number of morpholine rings is 1. The van der Waals surface area contributed by atoms with E-state index in [4.69, 9.17) is 4.74 Å². The molecule has 1 heterocycles. The van der Waals surface area contributed by atoms with E-state index < -0.39 is 0 Å². The molecule has 2 rings (SSSR count). The summed E-state index contributed by atoms with van der Waals surface area (Å²) in [4.78, 5) is 25.8. The predicted molar refractivity (Wildman–Crippen MR) is 79.7 cm³/mol. The van der Waals surface area contributed by atoms with E-state index >= 15 is 0 Å². The van der Waals surface area contributed by atoms with Crippen LogP contribution < -0.4 is 5.32 Å². The summed E-state index contributed by atoms with van der Waals surface area (Å²) >= 11 is 0. The molecular weight excluding hydrogens is 268 g/mol. The molecule has 1 aliphatic heterocycles. The first kappa shape index (κ1) is 15.5. The maximum absolute atomic E-state index is 12.2. The van der Waals surface area contributed by atoms with Gasteiger partial charge in [0.2, 0.25) is 11.8 Å². The Hall–Kier alpha value is -1.88. The van der Waals surface area contributed by atoms with Crippen molar-refractivity contribution in [1.82, 2.24) is 10.2 Å². The van der Waals surface area contributed by atoms with Crippen molar-refractivity contribution in [2.24, 2.45) is 0 Å². The fraction of sp³-hybridized carbons (Fsp3) is 0.500. The van der Waals surface area contributed by atoms with E-state index in [0.29, 0.717) is 19.6 Å². The highest BCUT2D eigenvalue weighted by Gasteiger charge is 2.27. The Labute approximate surface area is 125 Å². The summed E-state index contributed by atoms with van der Waals surface area (Å²) in [5.41, 5.74) is 0.941. The molecule has 1 aliphatic rings. The maximum Gasteiger partial charge on any atom is 0.242 e. The van der Waals surface area contributed by atoms with Gasteiger partial charge in [-0.1, -0.05) is 30.3 Å². The lowest BCUT2D eigenvalue weighted by Crippen LogP contribution is -2.53. The lowest BCUT2D eigenvalue weighted by molar-refractivity contribution is -0.143. The highest BCUT2D eigenvalue weighted by molar-refractivity contribution is 5.85. The Morgan fingerprint density at radius 3 is 2.71 bits per heavy atom. The van der Waals surface area contributed by atoms with E-state index in [1.807, 2.05) is 44.2 Å². The summed E-state index contributed by atoms with van der Waals surface area (Å²) in [6, 6.07) is 9.54. The normalized spacial score (nSPS) is 21.9. The molecule has 0 unspecified atom stereocenters. The molecule has 1 aromatic carbocycles. The average Bonchev–Trinajstić information content (AvgIpc) is 2.48. The Balaban J connectivity index is 1.79. The smallest absolute Gasteiger partial charge is 0.242 e. The number of rotatable bonds is 4. The zero-order valence-electron chi connectivity index (χ0n) is 12.5. The summed E-state index contributed by atoms with van der Waals surface area (Å²) in [6.45, 7) is 5.07. The van der Waals surface area contributed by atoms with Gasteiger partial charge in [-0.25, -0.2) is 0 Å². The van der Waals surface area contributed by atoms with E-state index in [2.05, 4.69) is 5.32 Å². The minimum Gasteiger partial charge on any atom is -0.375 e. The van der Waals surface area contributed by atoms with Gasteiger partial charge in [0.1, 0.15) is 0 Å². The van der Waals surface area contributed by atoms with Crippen LogP contribution in [0.15, 0.2) is 30.3 Å². The van der Waals surface area contributed by atoms with Crippen molar-refractivity contribution >= 4 is 11.8 Å². The second-order valence-electron chi connectivity index (χ2n) is 5.48. The Morgan fingerprint density at radius 2 is 2.00 bits per heavy atom. The number of ether oxygens (including phenoxy) is 1. The van der Waals surface area contributed by atoms with Crippen molar-refractivity contribution in [3.05, 3.63) is 35.9 Å². The van der Waals surface area contributed by atoms with Crippen LogP contribution in [-0.4, -0.2) is 48.6 Å². The molecule has 0 bridgehead atoms. The molecule has 2 amide bonds. The van der Waals surface area contributed by atoms with Crippen molar-refractivity contribution in [3.63, 3.8) is 0 Å². The number of carbonyl (C=O) groups is 2. The molecule has 0 aromatic heterocycles. The minimum atomic E-state index is -0.136. The molecular formula is C16H22N2O3. The van der Waals surface area contributed by atoms with Gasteiger partial charge >= 0.3 is 0 Å². The van der Waals surface area contributed by atoms with E-state index in [1.165, 1.54) is 0 Å². The number of carbonyl (C=O) groups excluding carboxylic acids is 2. The number of hydrogen-bond donors (Lipinski definition) is 1. The maximum atomic E-state index is 12.2. The summed E-state index contributed by atoms with van der Waals surface area (Å²) < 4.78 is 5.49. The molecule has 0 spiro atoms. The zero-order chi connectivity index (χ0) is 15.2. The Morgan fingerprint density at radius 1 is 1.29 bits per heavy atom. The van der Waals surface area contributed by atoms with Gasteiger partial charge in [0.05, 0.1) is 31.7 Å². The molecule has 5 nitrogen and oxygen atoms in total. The quantitative estimate of drug-likeness (QED) is 0.899. The topological polar surface area (TPSA) is 58.6 Å². The van der Waals surface area contributed by atoms with E-state index in [-0.39, 0.29) is 30.5 Å². The molecule has 2 atom stereocenters. The average molecular weight is 290 g/mol. The molecule has 1 aromatic rings. The third kappa shape index (κ3) is 4.56. The lowest BCUT2D eigenvalue weighted by Gasteiger charge is -2.36. The fourth-order valence-corrected chi connectivity index (χ4v) is 2.37. The molecule has 0 aliphatic carbocycles. The largest absolute Gasteiger partial charge is 0.375 e. The number of nitrogens with zero attached hydrogens (tertiary/aromatic N) is 1. The van der Waals surface area contributed by atoms with Crippen molar-refractivity contribution in [2.45, 2.75) is 32.4 Å². The van der Waals surface area contributed by atoms with E-state index in [9.17, 15) is 9.59 Å². The fourth-order valence-electron chi connectivity index (χ4n) is 2.37.